The number of para-hydroxylation sites is 1. The van der Waals surface area contributed by atoms with Crippen LogP contribution in [0, 0.1) is 10.1 Å². The van der Waals surface area contributed by atoms with E-state index in [2.05, 4.69) is 10.1 Å². The number of methoxy groups -OCH3 is 1. The number of hydrogen-bond donors (Lipinski definition) is 1. The highest BCUT2D eigenvalue weighted by molar-refractivity contribution is 6.03. The molecule has 4 heterocycles. The van der Waals surface area contributed by atoms with Gasteiger partial charge in [0.15, 0.2) is 6.29 Å². The summed E-state index contributed by atoms with van der Waals surface area (Å²) in [5, 5.41) is 30.0. The second-order valence-corrected chi connectivity index (χ2v) is 8.43. The molecule has 3 aromatic rings. The third kappa shape index (κ3) is 4.69. The van der Waals surface area contributed by atoms with E-state index in [4.69, 9.17) is 9.47 Å². The Morgan fingerprint density at radius 3 is 2.66 bits per heavy atom. The molecular formula is C26H29N5O7. The van der Waals surface area contributed by atoms with Crippen LogP contribution in [0.5, 0.6) is 0 Å². The highest BCUT2D eigenvalue weighted by Crippen LogP contribution is 2.43. The summed E-state index contributed by atoms with van der Waals surface area (Å²) in [7, 11) is 1.32. The fourth-order valence-corrected chi connectivity index (χ4v) is 4.77. The van der Waals surface area contributed by atoms with Crippen molar-refractivity contribution < 1.29 is 24.3 Å². The summed E-state index contributed by atoms with van der Waals surface area (Å²) in [5.41, 5.74) is 0.371. The number of morpholine rings is 1. The fourth-order valence-electron chi connectivity index (χ4n) is 4.77. The minimum Gasteiger partial charge on any atom is -0.381 e. The van der Waals surface area contributed by atoms with Crippen molar-refractivity contribution in [2.24, 2.45) is 5.10 Å². The van der Waals surface area contributed by atoms with E-state index in [1.165, 1.54) is 11.7 Å². The van der Waals surface area contributed by atoms with Gasteiger partial charge in [-0.25, -0.2) is 4.98 Å². The highest BCUT2D eigenvalue weighted by Gasteiger charge is 2.39. The summed E-state index contributed by atoms with van der Waals surface area (Å²) in [5.74, 6) is 0. The van der Waals surface area contributed by atoms with Crippen molar-refractivity contribution in [3.8, 4) is 11.4 Å². The van der Waals surface area contributed by atoms with E-state index >= 15 is 0 Å². The van der Waals surface area contributed by atoms with Crippen molar-refractivity contribution in [3.63, 3.8) is 0 Å². The number of carbonyl (C=O) groups excluding carboxylic acids is 1. The molecule has 0 amide bonds. The van der Waals surface area contributed by atoms with Gasteiger partial charge in [-0.1, -0.05) is 32.0 Å². The number of ether oxygens (including phenoxy) is 2. The van der Waals surface area contributed by atoms with Crippen molar-refractivity contribution in [2.75, 3.05) is 33.4 Å². The lowest BCUT2D eigenvalue weighted by molar-refractivity contribution is -0.385. The Kier molecular flexibility index (Phi) is 8.25. The zero-order valence-corrected chi connectivity index (χ0v) is 21.4. The Morgan fingerprint density at radius 2 is 2.00 bits per heavy atom. The molecule has 1 fully saturated rings. The minimum absolute atomic E-state index is 0.0147. The molecule has 0 saturated carbocycles. The molecule has 1 aromatic carbocycles. The van der Waals surface area contributed by atoms with E-state index in [9.17, 15) is 24.8 Å². The number of carbonyl (C=O) groups is 1. The van der Waals surface area contributed by atoms with Gasteiger partial charge in [-0.15, -0.1) is 0 Å². The maximum Gasteiger partial charge on any atom is 0.302 e. The van der Waals surface area contributed by atoms with Gasteiger partial charge < -0.3 is 19.4 Å². The van der Waals surface area contributed by atoms with Gasteiger partial charge in [0, 0.05) is 23.6 Å². The van der Waals surface area contributed by atoms with E-state index in [0.717, 1.165) is 5.39 Å². The zero-order chi connectivity index (χ0) is 27.4. The molecule has 200 valence electrons. The number of pyridine rings is 2. The largest absolute Gasteiger partial charge is 0.381 e. The minimum atomic E-state index is -1.87. The Labute approximate surface area is 218 Å². The molecule has 0 aliphatic carbocycles. The predicted octanol–water partition coefficient (Wildman–Crippen LogP) is 2.40. The normalized spacial score (nSPS) is 15.1. The molecule has 38 heavy (non-hydrogen) atoms. The van der Waals surface area contributed by atoms with E-state index in [1.54, 1.807) is 18.3 Å². The molecule has 0 bridgehead atoms. The molecule has 2 aromatic heterocycles. The number of nitro groups is 1. The summed E-state index contributed by atoms with van der Waals surface area (Å²) in [6.45, 7) is 6.08. The van der Waals surface area contributed by atoms with Gasteiger partial charge in [0.1, 0.15) is 17.5 Å². The lowest BCUT2D eigenvalue weighted by atomic mass is 9.98. The SMILES string of the molecule is CC.COCc1c(C(O)C=O)c([N+](=O)[O-])c2n(c1=O)Cc1c-2nc2ccccc2c1/C=N/N1CCOCC1. The molecule has 0 spiro atoms. The van der Waals surface area contributed by atoms with Crippen molar-refractivity contribution >= 4 is 29.1 Å². The zero-order valence-electron chi connectivity index (χ0n) is 21.4. The van der Waals surface area contributed by atoms with Gasteiger partial charge >= 0.3 is 5.69 Å². The van der Waals surface area contributed by atoms with Gasteiger partial charge in [-0.2, -0.15) is 5.10 Å². The smallest absolute Gasteiger partial charge is 0.302 e. The van der Waals surface area contributed by atoms with Crippen LogP contribution in [0.15, 0.2) is 34.2 Å². The maximum atomic E-state index is 13.5. The van der Waals surface area contributed by atoms with Gasteiger partial charge in [-0.05, 0) is 6.07 Å². The summed E-state index contributed by atoms with van der Waals surface area (Å²) in [4.78, 5) is 41.3. The molecule has 0 radical (unpaired) electrons. The van der Waals surface area contributed by atoms with Crippen LogP contribution in [0.25, 0.3) is 22.3 Å². The quantitative estimate of drug-likeness (QED) is 0.167. The van der Waals surface area contributed by atoms with Crippen LogP contribution in [0.2, 0.25) is 0 Å². The number of nitrogens with zero attached hydrogens (tertiary/aromatic N) is 5. The summed E-state index contributed by atoms with van der Waals surface area (Å²) < 4.78 is 11.7. The molecule has 1 saturated heterocycles. The third-order valence-corrected chi connectivity index (χ3v) is 6.39. The first-order chi connectivity index (χ1) is 18.5. The van der Waals surface area contributed by atoms with Crippen molar-refractivity contribution in [2.45, 2.75) is 33.1 Å². The lowest BCUT2D eigenvalue weighted by Crippen LogP contribution is -2.32. The average Bonchev–Trinajstić information content (AvgIpc) is 3.32. The molecule has 1 unspecified atom stereocenters. The Morgan fingerprint density at radius 1 is 1.29 bits per heavy atom. The molecular weight excluding hydrogens is 494 g/mol. The van der Waals surface area contributed by atoms with Crippen LogP contribution < -0.4 is 5.56 Å². The molecule has 5 rings (SSSR count). The molecule has 1 N–H and O–H groups in total. The molecule has 2 aliphatic rings. The molecule has 1 atom stereocenters. The number of hydrazone groups is 1. The van der Waals surface area contributed by atoms with E-state index in [-0.39, 0.29) is 42.0 Å². The number of aromatic nitrogens is 2. The van der Waals surface area contributed by atoms with Crippen LogP contribution in [-0.2, 0) is 27.4 Å². The van der Waals surface area contributed by atoms with Crippen molar-refractivity contribution in [1.82, 2.24) is 14.6 Å². The third-order valence-electron chi connectivity index (χ3n) is 6.39. The van der Waals surface area contributed by atoms with Gasteiger partial charge in [0.05, 0.1) is 67.2 Å². The van der Waals surface area contributed by atoms with E-state index in [0.29, 0.717) is 42.9 Å². The topological polar surface area (TPSA) is 149 Å². The molecule has 2 aliphatic heterocycles. The van der Waals surface area contributed by atoms with Gasteiger partial charge in [0.2, 0.25) is 0 Å². The fraction of sp³-hybridized carbons (Fsp3) is 0.385. The van der Waals surface area contributed by atoms with Crippen molar-refractivity contribution in [1.29, 1.82) is 0 Å². The Bertz CT molecular complexity index is 1460. The van der Waals surface area contributed by atoms with Crippen molar-refractivity contribution in [3.05, 3.63) is 67.0 Å². The van der Waals surface area contributed by atoms with Crippen LogP contribution in [-0.4, -0.2) is 70.5 Å². The first kappa shape index (κ1) is 27.0. The maximum absolute atomic E-state index is 13.5. The van der Waals surface area contributed by atoms with E-state index < -0.39 is 22.3 Å². The summed E-state index contributed by atoms with van der Waals surface area (Å²) in [6, 6.07) is 7.30. The van der Waals surface area contributed by atoms with Crippen LogP contribution >= 0.6 is 0 Å². The van der Waals surface area contributed by atoms with E-state index in [1.807, 2.05) is 31.0 Å². The highest BCUT2D eigenvalue weighted by atomic mass is 16.6. The number of fused-ring (bicyclic) bond motifs is 4. The van der Waals surface area contributed by atoms with Gasteiger partial charge in [-0.3, -0.25) is 24.5 Å². The number of aliphatic hydroxyl groups excluding tert-OH is 1. The second kappa shape index (κ2) is 11.6. The standard InChI is InChI=1S/C24H23N5O7.C2H6/c1-35-13-17-20(19(31)12-30)22(29(33)34)23-21-16(11-28(23)24(17)32)15(10-25-27-6-8-36-9-7-27)14-4-2-3-5-18(14)26-21;1-2/h2-5,10,12,19,31H,6-9,11,13H2,1H3;1-2H3/b25-10+;. The van der Waals surface area contributed by atoms with Crippen LogP contribution in [0.4, 0.5) is 5.69 Å². The van der Waals surface area contributed by atoms with Crippen LogP contribution in [0.1, 0.15) is 42.2 Å². The number of hydrogen-bond acceptors (Lipinski definition) is 10. The number of benzene rings is 1. The molecule has 12 nitrogen and oxygen atoms in total. The summed E-state index contributed by atoms with van der Waals surface area (Å²) in [6.07, 6.45) is -0.0306. The number of rotatable bonds is 7. The predicted molar refractivity (Wildman–Crippen MR) is 140 cm³/mol. The Balaban J connectivity index is 0.00000164. The first-order valence-electron chi connectivity index (χ1n) is 12.3. The number of aldehydes is 1. The van der Waals surface area contributed by atoms with Crippen LogP contribution in [0.3, 0.4) is 0 Å². The second-order valence-electron chi connectivity index (χ2n) is 8.43. The first-order valence-corrected chi connectivity index (χ1v) is 12.3. The monoisotopic (exact) mass is 523 g/mol. The molecule has 12 heteroatoms. The number of aliphatic hydroxyl groups is 1. The van der Waals surface area contributed by atoms with Gasteiger partial charge in [0.25, 0.3) is 5.56 Å². The lowest BCUT2D eigenvalue weighted by Gasteiger charge is -2.23. The average molecular weight is 524 g/mol. The Hall–Kier alpha value is -4.00. The summed E-state index contributed by atoms with van der Waals surface area (Å²) >= 11 is 0.